The van der Waals surface area contributed by atoms with Gasteiger partial charge in [0.1, 0.15) is 0 Å². The molecule has 0 saturated heterocycles. The fraction of sp³-hybridized carbons (Fsp3) is 0. The number of hydrogen-bond acceptors (Lipinski definition) is 3. The van der Waals surface area contributed by atoms with E-state index in [0.29, 0.717) is 17.5 Å². The molecular formula is C53H33N5. The largest absolute Gasteiger partial charge is 0.309 e. The average molecular weight is 740 g/mol. The lowest BCUT2D eigenvalue weighted by Gasteiger charge is -2.15. The second-order valence-corrected chi connectivity index (χ2v) is 14.8. The van der Waals surface area contributed by atoms with Gasteiger partial charge in [-0.3, -0.25) is 0 Å². The van der Waals surface area contributed by atoms with Gasteiger partial charge in [-0.25, -0.2) is 15.0 Å². The molecule has 0 fully saturated rings. The summed E-state index contributed by atoms with van der Waals surface area (Å²) in [5, 5.41) is 7.46. The molecule has 58 heavy (non-hydrogen) atoms. The predicted molar refractivity (Wildman–Crippen MR) is 239 cm³/mol. The smallest absolute Gasteiger partial charge is 0.164 e. The van der Waals surface area contributed by atoms with Crippen LogP contribution in [0.4, 0.5) is 0 Å². The maximum Gasteiger partial charge on any atom is 0.164 e. The van der Waals surface area contributed by atoms with Gasteiger partial charge in [0.05, 0.1) is 27.6 Å². The summed E-state index contributed by atoms with van der Waals surface area (Å²) < 4.78 is 4.89. The van der Waals surface area contributed by atoms with Gasteiger partial charge in [0.2, 0.25) is 0 Å². The van der Waals surface area contributed by atoms with Gasteiger partial charge in [-0.15, -0.1) is 0 Å². The molecule has 8 aromatic carbocycles. The summed E-state index contributed by atoms with van der Waals surface area (Å²) in [5.74, 6) is 1.94. The van der Waals surface area contributed by atoms with E-state index in [-0.39, 0.29) is 0 Å². The number of rotatable bonds is 5. The maximum absolute atomic E-state index is 4.99. The Bertz CT molecular complexity index is 3490. The average Bonchev–Trinajstić information content (AvgIpc) is 3.86. The first-order valence-corrected chi connectivity index (χ1v) is 19.6. The topological polar surface area (TPSA) is 48.0 Å². The summed E-state index contributed by atoms with van der Waals surface area (Å²) in [5.41, 5.74) is 12.2. The van der Waals surface area contributed by atoms with Crippen molar-refractivity contribution in [1.29, 1.82) is 0 Å². The molecule has 12 aromatic rings. The van der Waals surface area contributed by atoms with Crippen molar-refractivity contribution in [2.45, 2.75) is 0 Å². The van der Waals surface area contributed by atoms with Crippen molar-refractivity contribution >= 4 is 59.9 Å². The molecule has 0 aliphatic carbocycles. The van der Waals surface area contributed by atoms with Crippen molar-refractivity contribution < 1.29 is 0 Å². The molecule has 0 aliphatic heterocycles. The Morgan fingerprint density at radius 1 is 0.310 bits per heavy atom. The number of aromatic nitrogens is 5. The molecule has 0 atom stereocenters. The number of hydrogen-bond donors (Lipinski definition) is 0. The minimum atomic E-state index is 0.639. The Labute approximate surface area is 333 Å². The van der Waals surface area contributed by atoms with Crippen LogP contribution in [0, 0.1) is 0 Å². The van der Waals surface area contributed by atoms with Crippen LogP contribution in [0.3, 0.4) is 0 Å². The first-order valence-electron chi connectivity index (χ1n) is 19.6. The molecule has 5 heteroatoms. The van der Waals surface area contributed by atoms with Crippen LogP contribution >= 0.6 is 0 Å². The van der Waals surface area contributed by atoms with E-state index in [9.17, 15) is 0 Å². The van der Waals surface area contributed by atoms with Gasteiger partial charge in [-0.1, -0.05) is 158 Å². The van der Waals surface area contributed by atoms with Crippen LogP contribution in [0.2, 0.25) is 0 Å². The summed E-state index contributed by atoms with van der Waals surface area (Å²) in [4.78, 5) is 14.9. The molecule has 12 rings (SSSR count). The Hall–Kier alpha value is -7.89. The van der Waals surface area contributed by atoms with Crippen molar-refractivity contribution in [3.63, 3.8) is 0 Å². The van der Waals surface area contributed by atoms with Crippen LogP contribution in [0.15, 0.2) is 200 Å². The quantitative estimate of drug-likeness (QED) is 0.165. The van der Waals surface area contributed by atoms with Crippen molar-refractivity contribution in [3.8, 4) is 51.0 Å². The lowest BCUT2D eigenvalue weighted by Crippen LogP contribution is -2.00. The molecule has 5 nitrogen and oxygen atoms in total. The van der Waals surface area contributed by atoms with Gasteiger partial charge in [0.25, 0.3) is 0 Å². The summed E-state index contributed by atoms with van der Waals surface area (Å²) in [6, 6.07) is 71.0. The Kier molecular flexibility index (Phi) is 7.16. The number of fused-ring (bicyclic) bond motifs is 12. The molecule has 0 N–H and O–H groups in total. The zero-order chi connectivity index (χ0) is 38.2. The Morgan fingerprint density at radius 2 is 0.845 bits per heavy atom. The summed E-state index contributed by atoms with van der Waals surface area (Å²) >= 11 is 0. The van der Waals surface area contributed by atoms with Crippen molar-refractivity contribution in [1.82, 2.24) is 23.9 Å². The molecule has 0 bridgehead atoms. The van der Waals surface area contributed by atoms with Crippen molar-refractivity contribution in [2.24, 2.45) is 0 Å². The zero-order valence-corrected chi connectivity index (χ0v) is 31.3. The standard InChI is InChI=1S/C53H33N5/c1-3-14-35(15-4-1)51-54-52(36-16-5-2-6-17-36)56-53(55-51)39-20-13-19-37(32-39)34-26-28-40(29-27-34)57-46-24-11-8-21-41(46)42-30-31-44-48-33-38-18-7-10-23-45(38)58(48)47-25-12-9-22-43(47)49(44)50(42)57/h1-33H. The van der Waals surface area contributed by atoms with E-state index in [1.807, 2.05) is 60.7 Å². The molecule has 0 unspecified atom stereocenters. The molecule has 270 valence electrons. The number of benzene rings is 8. The van der Waals surface area contributed by atoms with Crippen molar-refractivity contribution in [3.05, 3.63) is 200 Å². The lowest BCUT2D eigenvalue weighted by molar-refractivity contribution is 1.07. The van der Waals surface area contributed by atoms with Crippen LogP contribution in [-0.4, -0.2) is 23.9 Å². The first kappa shape index (κ1) is 32.4. The van der Waals surface area contributed by atoms with Gasteiger partial charge in [0, 0.05) is 54.7 Å². The van der Waals surface area contributed by atoms with Crippen molar-refractivity contribution in [2.75, 3.05) is 0 Å². The molecule has 0 amide bonds. The van der Waals surface area contributed by atoms with E-state index in [1.54, 1.807) is 0 Å². The number of para-hydroxylation sites is 3. The van der Waals surface area contributed by atoms with Crippen LogP contribution in [0.1, 0.15) is 0 Å². The summed E-state index contributed by atoms with van der Waals surface area (Å²) in [6.07, 6.45) is 0. The minimum absolute atomic E-state index is 0.639. The minimum Gasteiger partial charge on any atom is -0.309 e. The first-order chi connectivity index (χ1) is 28.8. The van der Waals surface area contributed by atoms with Gasteiger partial charge in [0.15, 0.2) is 17.5 Å². The maximum atomic E-state index is 4.99. The van der Waals surface area contributed by atoms with Gasteiger partial charge >= 0.3 is 0 Å². The molecule has 0 radical (unpaired) electrons. The molecular weight excluding hydrogens is 707 g/mol. The SMILES string of the molecule is c1ccc(-c2nc(-c3ccccc3)nc(-c3cccc(-c4ccc(-n5c6ccccc6c6ccc7c(c8ccccc8n8c9ccccc9cc78)c65)cc4)c3)n2)cc1. The third-order valence-electron chi connectivity index (χ3n) is 11.5. The summed E-state index contributed by atoms with van der Waals surface area (Å²) in [6.45, 7) is 0. The lowest BCUT2D eigenvalue weighted by atomic mass is 10.0. The van der Waals surface area contributed by atoms with Gasteiger partial charge < -0.3 is 8.97 Å². The van der Waals surface area contributed by atoms with Crippen LogP contribution in [-0.2, 0) is 0 Å². The monoisotopic (exact) mass is 739 g/mol. The van der Waals surface area contributed by atoms with E-state index in [1.165, 1.54) is 59.9 Å². The van der Waals surface area contributed by atoms with E-state index < -0.39 is 0 Å². The zero-order valence-electron chi connectivity index (χ0n) is 31.3. The third-order valence-corrected chi connectivity index (χ3v) is 11.5. The Balaban J connectivity index is 1.02. The van der Waals surface area contributed by atoms with E-state index in [2.05, 4.69) is 148 Å². The highest BCUT2D eigenvalue weighted by atomic mass is 15.0. The van der Waals surface area contributed by atoms with E-state index in [0.717, 1.165) is 33.5 Å². The van der Waals surface area contributed by atoms with E-state index in [4.69, 9.17) is 15.0 Å². The second kappa shape index (κ2) is 12.8. The van der Waals surface area contributed by atoms with E-state index >= 15 is 0 Å². The fourth-order valence-electron chi connectivity index (χ4n) is 8.88. The highest BCUT2D eigenvalue weighted by molar-refractivity contribution is 6.28. The Morgan fingerprint density at radius 3 is 1.57 bits per heavy atom. The number of nitrogens with zero attached hydrogens (tertiary/aromatic N) is 5. The van der Waals surface area contributed by atoms with Crippen LogP contribution in [0.25, 0.3) is 111 Å². The predicted octanol–water partition coefficient (Wildman–Crippen LogP) is 13.3. The normalized spacial score (nSPS) is 11.8. The molecule has 4 heterocycles. The number of pyridine rings is 1. The van der Waals surface area contributed by atoms with Gasteiger partial charge in [-0.05, 0) is 53.6 Å². The third kappa shape index (κ3) is 5.00. The van der Waals surface area contributed by atoms with Crippen LogP contribution < -0.4 is 0 Å². The molecule has 0 spiro atoms. The molecule has 0 saturated carbocycles. The highest BCUT2D eigenvalue weighted by Crippen LogP contribution is 2.42. The van der Waals surface area contributed by atoms with Gasteiger partial charge in [-0.2, -0.15) is 0 Å². The molecule has 4 aromatic heterocycles. The summed E-state index contributed by atoms with van der Waals surface area (Å²) in [7, 11) is 0. The fourth-order valence-corrected chi connectivity index (χ4v) is 8.88. The molecule has 0 aliphatic rings. The second-order valence-electron chi connectivity index (χ2n) is 14.8. The van der Waals surface area contributed by atoms with Crippen LogP contribution in [0.5, 0.6) is 0 Å². The highest BCUT2D eigenvalue weighted by Gasteiger charge is 2.20.